The maximum atomic E-state index is 12.5. The van der Waals surface area contributed by atoms with Gasteiger partial charge in [0.25, 0.3) is 5.91 Å². The zero-order valence-corrected chi connectivity index (χ0v) is 13.3. The predicted octanol–water partition coefficient (Wildman–Crippen LogP) is 3.51. The molecule has 0 unspecified atom stereocenters. The summed E-state index contributed by atoms with van der Waals surface area (Å²) in [5.74, 6) is -0.345. The highest BCUT2D eigenvalue weighted by atomic mass is 32.1. The van der Waals surface area contributed by atoms with E-state index in [4.69, 9.17) is 4.74 Å². The largest absolute Gasteiger partial charge is 0.434 e. The van der Waals surface area contributed by atoms with Crippen molar-refractivity contribution in [2.45, 2.75) is 18.8 Å². The first-order chi connectivity index (χ1) is 10.8. The lowest BCUT2D eigenvalue weighted by atomic mass is 10.1. The van der Waals surface area contributed by atoms with Gasteiger partial charge in [-0.2, -0.15) is 13.2 Å². The fourth-order valence-electron chi connectivity index (χ4n) is 2.00. The van der Waals surface area contributed by atoms with Gasteiger partial charge in [0.05, 0.1) is 6.54 Å². The van der Waals surface area contributed by atoms with Crippen molar-refractivity contribution in [2.24, 2.45) is 0 Å². The van der Waals surface area contributed by atoms with Crippen LogP contribution in [-0.4, -0.2) is 29.9 Å². The summed E-state index contributed by atoms with van der Waals surface area (Å²) in [7, 11) is 2.92. The van der Waals surface area contributed by atoms with Gasteiger partial charge in [-0.15, -0.1) is 11.3 Å². The summed E-state index contributed by atoms with van der Waals surface area (Å²) >= 11 is 0.871. The van der Waals surface area contributed by atoms with E-state index in [9.17, 15) is 18.0 Å². The Balaban J connectivity index is 2.09. The van der Waals surface area contributed by atoms with Crippen LogP contribution in [0.25, 0.3) is 0 Å². The minimum Gasteiger partial charge on any atom is -0.367 e. The van der Waals surface area contributed by atoms with Gasteiger partial charge in [0.15, 0.2) is 11.8 Å². The molecule has 1 atom stereocenters. The van der Waals surface area contributed by atoms with Crippen LogP contribution in [0.3, 0.4) is 0 Å². The van der Waals surface area contributed by atoms with Crippen molar-refractivity contribution < 1.29 is 22.7 Å². The van der Waals surface area contributed by atoms with Crippen LogP contribution in [0.5, 0.6) is 0 Å². The van der Waals surface area contributed by atoms with Crippen LogP contribution in [0.15, 0.2) is 35.7 Å². The zero-order chi connectivity index (χ0) is 17.0. The first-order valence-corrected chi connectivity index (χ1v) is 7.55. The van der Waals surface area contributed by atoms with Gasteiger partial charge in [-0.25, -0.2) is 4.98 Å². The number of ether oxygens (including phenoxy) is 1. The third-order valence-corrected chi connectivity index (χ3v) is 3.99. The molecular weight excluding hydrogens is 329 g/mol. The number of amides is 1. The number of thiazole rings is 1. The topological polar surface area (TPSA) is 42.4 Å². The number of methoxy groups -OCH3 is 1. The van der Waals surface area contributed by atoms with Gasteiger partial charge in [-0.3, -0.25) is 4.79 Å². The summed E-state index contributed by atoms with van der Waals surface area (Å²) in [5.41, 5.74) is -0.258. The van der Waals surface area contributed by atoms with Crippen LogP contribution in [0.4, 0.5) is 13.2 Å². The molecule has 2 aromatic rings. The highest BCUT2D eigenvalue weighted by Crippen LogP contribution is 2.30. The van der Waals surface area contributed by atoms with E-state index in [0.29, 0.717) is 5.56 Å². The summed E-state index contributed by atoms with van der Waals surface area (Å²) < 4.78 is 42.9. The monoisotopic (exact) mass is 344 g/mol. The van der Waals surface area contributed by atoms with E-state index >= 15 is 0 Å². The van der Waals surface area contributed by atoms with Crippen molar-refractivity contribution in [1.29, 1.82) is 0 Å². The minimum atomic E-state index is -4.48. The minimum absolute atomic E-state index is 0.00767. The third kappa shape index (κ3) is 4.29. The number of alkyl halides is 3. The number of halogens is 3. The van der Waals surface area contributed by atoms with Crippen LogP contribution in [0.1, 0.15) is 22.4 Å². The molecule has 0 spiro atoms. The molecule has 1 amide bonds. The van der Waals surface area contributed by atoms with Gasteiger partial charge >= 0.3 is 6.18 Å². The Morgan fingerprint density at radius 3 is 2.52 bits per heavy atom. The number of hydrogen-bond acceptors (Lipinski definition) is 4. The number of likely N-dealkylation sites (N-methyl/N-ethyl adjacent to an activating group) is 1. The van der Waals surface area contributed by atoms with Gasteiger partial charge in [-0.05, 0) is 5.56 Å². The molecule has 23 heavy (non-hydrogen) atoms. The average molecular weight is 344 g/mol. The molecule has 0 radical (unpaired) electrons. The van der Waals surface area contributed by atoms with Gasteiger partial charge in [0.2, 0.25) is 0 Å². The molecule has 0 N–H and O–H groups in total. The van der Waals surface area contributed by atoms with Crippen molar-refractivity contribution in [3.8, 4) is 0 Å². The lowest BCUT2D eigenvalue weighted by Crippen LogP contribution is -2.32. The van der Waals surface area contributed by atoms with E-state index in [1.807, 2.05) is 6.07 Å². The Morgan fingerprint density at radius 2 is 2.00 bits per heavy atom. The lowest BCUT2D eigenvalue weighted by Gasteiger charge is -2.22. The summed E-state index contributed by atoms with van der Waals surface area (Å²) in [6.45, 7) is -0.00767. The number of benzene rings is 1. The molecule has 0 aliphatic rings. The molecule has 0 fully saturated rings. The Kier molecular flexibility index (Phi) is 5.38. The van der Waals surface area contributed by atoms with Crippen LogP contribution in [0, 0.1) is 0 Å². The average Bonchev–Trinajstić information content (AvgIpc) is 2.97. The fraction of sp³-hybridized carbons (Fsp3) is 0.333. The smallest absolute Gasteiger partial charge is 0.367 e. The molecule has 124 valence electrons. The molecule has 0 aliphatic heterocycles. The Labute approximate surface area is 135 Å². The number of nitrogens with zero attached hydrogens (tertiary/aromatic N) is 2. The molecule has 2 rings (SSSR count). The van der Waals surface area contributed by atoms with Crippen LogP contribution < -0.4 is 0 Å². The van der Waals surface area contributed by atoms with Gasteiger partial charge in [0.1, 0.15) is 5.01 Å². The van der Waals surface area contributed by atoms with Crippen molar-refractivity contribution in [1.82, 2.24) is 9.88 Å². The van der Waals surface area contributed by atoms with Gasteiger partial charge < -0.3 is 9.64 Å². The molecule has 0 aliphatic carbocycles. The van der Waals surface area contributed by atoms with Crippen LogP contribution in [0.2, 0.25) is 0 Å². The van der Waals surface area contributed by atoms with E-state index in [-0.39, 0.29) is 17.5 Å². The van der Waals surface area contributed by atoms with E-state index in [0.717, 1.165) is 16.7 Å². The SMILES string of the molecule is CO[C@H](C(=O)N(C)Cc1nc(C(F)(F)F)cs1)c1ccccc1. The van der Waals surface area contributed by atoms with E-state index in [2.05, 4.69) is 4.98 Å². The molecule has 4 nitrogen and oxygen atoms in total. The maximum absolute atomic E-state index is 12.5. The number of carbonyl (C=O) groups excluding carboxylic acids is 1. The van der Waals surface area contributed by atoms with Crippen LogP contribution in [-0.2, 0) is 22.3 Å². The standard InChI is InChI=1S/C15H15F3N2O2S/c1-20(8-12-19-11(9-23-12)15(16,17)18)14(21)13(22-2)10-6-4-3-5-7-10/h3-7,9,13H,8H2,1-2H3/t13-/m0/s1. The molecule has 1 aromatic carbocycles. The fourth-order valence-corrected chi connectivity index (χ4v) is 2.86. The van der Waals surface area contributed by atoms with Gasteiger partial charge in [0, 0.05) is 19.5 Å². The number of hydrogen-bond donors (Lipinski definition) is 0. The molecule has 1 aromatic heterocycles. The summed E-state index contributed by atoms with van der Waals surface area (Å²) in [4.78, 5) is 17.3. The van der Waals surface area contributed by atoms with Crippen LogP contribution >= 0.6 is 11.3 Å². The molecule has 0 saturated carbocycles. The van der Waals surface area contributed by atoms with Crippen molar-refractivity contribution >= 4 is 17.2 Å². The summed E-state index contributed by atoms with van der Waals surface area (Å²) in [6, 6.07) is 8.89. The molecule has 8 heteroatoms. The summed E-state index contributed by atoms with van der Waals surface area (Å²) in [5, 5.41) is 1.16. The maximum Gasteiger partial charge on any atom is 0.434 e. The normalized spacial score (nSPS) is 12.9. The van der Waals surface area contributed by atoms with E-state index in [1.165, 1.54) is 19.1 Å². The molecule has 0 bridgehead atoms. The lowest BCUT2D eigenvalue weighted by molar-refractivity contribution is -0.141. The highest BCUT2D eigenvalue weighted by molar-refractivity contribution is 7.09. The Morgan fingerprint density at radius 1 is 1.35 bits per heavy atom. The third-order valence-electron chi connectivity index (χ3n) is 3.15. The Hall–Kier alpha value is -1.93. The van der Waals surface area contributed by atoms with E-state index < -0.39 is 18.0 Å². The second kappa shape index (κ2) is 7.10. The second-order valence-electron chi connectivity index (χ2n) is 4.84. The number of aromatic nitrogens is 1. The predicted molar refractivity (Wildman–Crippen MR) is 79.8 cm³/mol. The molecular formula is C15H15F3N2O2S. The van der Waals surface area contributed by atoms with Crippen molar-refractivity contribution in [2.75, 3.05) is 14.2 Å². The quantitative estimate of drug-likeness (QED) is 0.834. The van der Waals surface area contributed by atoms with Crippen molar-refractivity contribution in [3.05, 3.63) is 52.0 Å². The number of rotatable bonds is 5. The molecule has 0 saturated heterocycles. The van der Waals surface area contributed by atoms with Gasteiger partial charge in [-0.1, -0.05) is 30.3 Å². The Bertz CT molecular complexity index is 658. The number of carbonyl (C=O) groups is 1. The highest BCUT2D eigenvalue weighted by Gasteiger charge is 2.34. The molecule has 1 heterocycles. The van der Waals surface area contributed by atoms with Crippen molar-refractivity contribution in [3.63, 3.8) is 0 Å². The summed E-state index contributed by atoms with van der Waals surface area (Å²) in [6.07, 6.45) is -5.28. The first kappa shape index (κ1) is 17.4. The second-order valence-corrected chi connectivity index (χ2v) is 5.79. The first-order valence-electron chi connectivity index (χ1n) is 6.67. The zero-order valence-electron chi connectivity index (χ0n) is 12.5. The van der Waals surface area contributed by atoms with E-state index in [1.54, 1.807) is 24.3 Å².